The molecule has 1 atom stereocenters. The number of nitrogens with one attached hydrogen (secondary N) is 1. The number of carbonyl (C=O) groups excluding carboxylic acids is 2. The quantitative estimate of drug-likeness (QED) is 0.607. The highest BCUT2D eigenvalue weighted by molar-refractivity contribution is 5.87. The van der Waals surface area contributed by atoms with Gasteiger partial charge in [0, 0.05) is 31.7 Å². The van der Waals surface area contributed by atoms with Gasteiger partial charge in [-0.2, -0.15) is 18.4 Å². The van der Waals surface area contributed by atoms with Gasteiger partial charge in [-0.05, 0) is 31.2 Å². The van der Waals surface area contributed by atoms with E-state index in [0.29, 0.717) is 26.2 Å². The first-order valence-electron chi connectivity index (χ1n) is 8.75. The predicted molar refractivity (Wildman–Crippen MR) is 99.4 cm³/mol. The molecule has 0 aliphatic carbocycles. The molecule has 1 heterocycles. The van der Waals surface area contributed by atoms with Crippen LogP contribution in [0.5, 0.6) is 0 Å². The average Bonchev–Trinajstić information content (AvgIpc) is 2.70. The maximum absolute atomic E-state index is 13.0. The van der Waals surface area contributed by atoms with Crippen LogP contribution in [0.15, 0.2) is 30.9 Å². The number of urea groups is 1. The topological polar surface area (TPSA) is 76.4 Å². The largest absolute Gasteiger partial charge is 0.417 e. The standard InChI is InChI=1S/C20H19F3N4O2/c1-3-18(28)26-8-10-27(11-9-26)19(29)25-14(2)4-5-15-6-7-16(13-24)17(12-15)20(21,22)23/h3,6-7,12,14H,1,8-11H2,2H3,(H,25,29). The van der Waals surface area contributed by atoms with Gasteiger partial charge < -0.3 is 15.1 Å². The fourth-order valence-electron chi connectivity index (χ4n) is 2.72. The van der Waals surface area contributed by atoms with Crippen LogP contribution in [-0.4, -0.2) is 54.0 Å². The summed E-state index contributed by atoms with van der Waals surface area (Å²) in [5, 5.41) is 11.5. The van der Waals surface area contributed by atoms with E-state index < -0.39 is 23.3 Å². The fourth-order valence-corrected chi connectivity index (χ4v) is 2.72. The second kappa shape index (κ2) is 9.16. The molecule has 0 radical (unpaired) electrons. The van der Waals surface area contributed by atoms with E-state index >= 15 is 0 Å². The molecule has 0 bridgehead atoms. The highest BCUT2D eigenvalue weighted by atomic mass is 19.4. The third-order valence-corrected chi connectivity index (χ3v) is 4.27. The van der Waals surface area contributed by atoms with E-state index in [1.54, 1.807) is 11.8 Å². The molecule has 152 valence electrons. The molecule has 0 saturated carbocycles. The van der Waals surface area contributed by atoms with Gasteiger partial charge in [-0.15, -0.1) is 0 Å². The molecule has 0 aromatic heterocycles. The van der Waals surface area contributed by atoms with Gasteiger partial charge in [-0.3, -0.25) is 4.79 Å². The number of halogens is 3. The predicted octanol–water partition coefficient (Wildman–Crippen LogP) is 2.36. The van der Waals surface area contributed by atoms with Crippen molar-refractivity contribution in [1.29, 1.82) is 5.26 Å². The van der Waals surface area contributed by atoms with Crippen molar-refractivity contribution in [2.75, 3.05) is 26.2 Å². The minimum atomic E-state index is -4.66. The van der Waals surface area contributed by atoms with E-state index in [2.05, 4.69) is 23.7 Å². The summed E-state index contributed by atoms with van der Waals surface area (Å²) in [6.07, 6.45) is -3.43. The second-order valence-corrected chi connectivity index (χ2v) is 6.33. The van der Waals surface area contributed by atoms with Crippen molar-refractivity contribution in [3.63, 3.8) is 0 Å². The molecular formula is C20H19F3N4O2. The summed E-state index contributed by atoms with van der Waals surface area (Å²) in [5.74, 6) is 5.08. The number of amides is 3. The van der Waals surface area contributed by atoms with Crippen LogP contribution in [0.25, 0.3) is 0 Å². The normalized spacial score (nSPS) is 14.9. The summed E-state index contributed by atoms with van der Waals surface area (Å²) in [7, 11) is 0. The van der Waals surface area contributed by atoms with E-state index in [1.807, 2.05) is 0 Å². The molecule has 29 heavy (non-hydrogen) atoms. The second-order valence-electron chi connectivity index (χ2n) is 6.33. The van der Waals surface area contributed by atoms with Crippen LogP contribution in [0.3, 0.4) is 0 Å². The Labute approximate surface area is 166 Å². The molecule has 3 amide bonds. The Kier molecular flexibility index (Phi) is 6.89. The van der Waals surface area contributed by atoms with Crippen LogP contribution in [0.1, 0.15) is 23.6 Å². The zero-order valence-electron chi connectivity index (χ0n) is 15.7. The monoisotopic (exact) mass is 404 g/mol. The number of rotatable bonds is 2. The Bertz CT molecular complexity index is 901. The maximum Gasteiger partial charge on any atom is 0.417 e. The van der Waals surface area contributed by atoms with Crippen molar-refractivity contribution in [2.45, 2.75) is 19.1 Å². The zero-order chi connectivity index (χ0) is 21.6. The molecule has 1 aromatic rings. The molecule has 1 aliphatic heterocycles. The lowest BCUT2D eigenvalue weighted by Gasteiger charge is -2.34. The number of nitriles is 1. The van der Waals surface area contributed by atoms with Crippen molar-refractivity contribution >= 4 is 11.9 Å². The van der Waals surface area contributed by atoms with Gasteiger partial charge >= 0.3 is 12.2 Å². The van der Waals surface area contributed by atoms with Gasteiger partial charge in [-0.1, -0.05) is 18.4 Å². The number of alkyl halides is 3. The van der Waals surface area contributed by atoms with Gasteiger partial charge in [0.05, 0.1) is 23.2 Å². The lowest BCUT2D eigenvalue weighted by Crippen LogP contribution is -2.53. The minimum absolute atomic E-state index is 0.0916. The molecule has 0 spiro atoms. The number of nitrogens with zero attached hydrogens (tertiary/aromatic N) is 3. The first-order valence-corrected chi connectivity index (χ1v) is 8.75. The Hall–Kier alpha value is -3.46. The van der Waals surface area contributed by atoms with Crippen LogP contribution in [-0.2, 0) is 11.0 Å². The van der Waals surface area contributed by atoms with Crippen LogP contribution < -0.4 is 5.32 Å². The molecule has 1 N–H and O–H groups in total. The third-order valence-electron chi connectivity index (χ3n) is 4.27. The maximum atomic E-state index is 13.0. The van der Waals surface area contributed by atoms with E-state index in [1.165, 1.54) is 23.1 Å². The summed E-state index contributed by atoms with van der Waals surface area (Å²) in [5.41, 5.74) is -1.43. The smallest absolute Gasteiger partial charge is 0.336 e. The highest BCUT2D eigenvalue weighted by Crippen LogP contribution is 2.32. The molecular weight excluding hydrogens is 385 g/mol. The molecule has 1 unspecified atom stereocenters. The summed E-state index contributed by atoms with van der Waals surface area (Å²) >= 11 is 0. The van der Waals surface area contributed by atoms with E-state index in [0.717, 1.165) is 12.1 Å². The van der Waals surface area contributed by atoms with E-state index in [4.69, 9.17) is 5.26 Å². The highest BCUT2D eigenvalue weighted by Gasteiger charge is 2.33. The molecule has 2 rings (SSSR count). The first kappa shape index (κ1) is 21.8. The SMILES string of the molecule is C=CC(=O)N1CCN(C(=O)NC(C)C#Cc2ccc(C#N)c(C(F)(F)F)c2)CC1. The van der Waals surface area contributed by atoms with Gasteiger partial charge in [0.1, 0.15) is 0 Å². The third kappa shape index (κ3) is 5.76. The lowest BCUT2D eigenvalue weighted by molar-refractivity contribution is -0.137. The summed E-state index contributed by atoms with van der Waals surface area (Å²) in [6.45, 7) is 6.53. The summed E-state index contributed by atoms with van der Waals surface area (Å²) < 4.78 is 39.0. The molecule has 1 aliphatic rings. The zero-order valence-corrected chi connectivity index (χ0v) is 15.7. The molecule has 1 saturated heterocycles. The number of carbonyl (C=O) groups is 2. The number of piperazine rings is 1. The van der Waals surface area contributed by atoms with Crippen LogP contribution in [0.2, 0.25) is 0 Å². The van der Waals surface area contributed by atoms with Gasteiger partial charge in [-0.25, -0.2) is 4.79 Å². The number of benzene rings is 1. The minimum Gasteiger partial charge on any atom is -0.336 e. The number of hydrogen-bond donors (Lipinski definition) is 1. The average molecular weight is 404 g/mol. The van der Waals surface area contributed by atoms with Gasteiger partial charge in [0.25, 0.3) is 0 Å². The van der Waals surface area contributed by atoms with Crippen molar-refractivity contribution in [2.24, 2.45) is 0 Å². The molecule has 1 fully saturated rings. The van der Waals surface area contributed by atoms with Crippen molar-refractivity contribution in [3.8, 4) is 17.9 Å². The van der Waals surface area contributed by atoms with Crippen molar-refractivity contribution in [1.82, 2.24) is 15.1 Å². The fraction of sp³-hybridized carbons (Fsp3) is 0.350. The van der Waals surface area contributed by atoms with Gasteiger partial charge in [0.15, 0.2) is 0 Å². The van der Waals surface area contributed by atoms with Gasteiger partial charge in [0.2, 0.25) is 5.91 Å². The van der Waals surface area contributed by atoms with Crippen LogP contribution in [0.4, 0.5) is 18.0 Å². The Balaban J connectivity index is 1.99. The van der Waals surface area contributed by atoms with Crippen LogP contribution in [0, 0.1) is 23.2 Å². The molecule has 9 heteroatoms. The summed E-state index contributed by atoms with van der Waals surface area (Å²) in [4.78, 5) is 26.9. The lowest BCUT2D eigenvalue weighted by atomic mass is 10.0. The Morgan fingerprint density at radius 3 is 2.41 bits per heavy atom. The van der Waals surface area contributed by atoms with Crippen molar-refractivity contribution < 1.29 is 22.8 Å². The first-order chi connectivity index (χ1) is 13.7. The van der Waals surface area contributed by atoms with Crippen LogP contribution >= 0.6 is 0 Å². The Morgan fingerprint density at radius 2 is 1.86 bits per heavy atom. The number of hydrogen-bond acceptors (Lipinski definition) is 3. The summed E-state index contributed by atoms with van der Waals surface area (Å²) in [6, 6.07) is 3.74. The van der Waals surface area contributed by atoms with E-state index in [9.17, 15) is 22.8 Å². The van der Waals surface area contributed by atoms with E-state index in [-0.39, 0.29) is 17.5 Å². The molecule has 1 aromatic carbocycles. The Morgan fingerprint density at radius 1 is 1.24 bits per heavy atom. The molecule has 6 nitrogen and oxygen atoms in total. The van der Waals surface area contributed by atoms with Crippen molar-refractivity contribution in [3.05, 3.63) is 47.5 Å².